The fourth-order valence-electron chi connectivity index (χ4n) is 1.63. The van der Waals surface area contributed by atoms with Crippen LogP contribution in [0.2, 0.25) is 0 Å². The molecular formula is C11H22N2O. The highest BCUT2D eigenvalue weighted by molar-refractivity contribution is 4.91. The topological polar surface area (TPSA) is 33.3 Å². The molecule has 0 amide bonds. The van der Waals surface area contributed by atoms with Gasteiger partial charge in [0.25, 0.3) is 0 Å². The lowest BCUT2D eigenvalue weighted by Crippen LogP contribution is -2.45. The Kier molecular flexibility index (Phi) is 5.15. The fourth-order valence-corrected chi connectivity index (χ4v) is 1.63. The Hall–Kier alpha value is -0.380. The van der Waals surface area contributed by atoms with Gasteiger partial charge in [-0.2, -0.15) is 0 Å². The van der Waals surface area contributed by atoms with Crippen LogP contribution in [0.25, 0.3) is 0 Å². The Morgan fingerprint density at radius 2 is 2.50 bits per heavy atom. The molecule has 0 aromatic carbocycles. The smallest absolute Gasteiger partial charge is 0.0620 e. The lowest BCUT2D eigenvalue weighted by Gasteiger charge is -2.26. The number of nitrogens with one attached hydrogen (secondary N) is 2. The summed E-state index contributed by atoms with van der Waals surface area (Å²) >= 11 is 0. The molecule has 0 spiro atoms. The van der Waals surface area contributed by atoms with Crippen LogP contribution >= 0.6 is 0 Å². The van der Waals surface area contributed by atoms with E-state index in [1.807, 2.05) is 6.92 Å². The van der Waals surface area contributed by atoms with E-state index in [0.717, 1.165) is 32.7 Å². The molecule has 1 rings (SSSR count). The average Bonchev–Trinajstić information content (AvgIpc) is 2.16. The molecule has 0 aliphatic carbocycles. The van der Waals surface area contributed by atoms with E-state index in [4.69, 9.17) is 4.74 Å². The van der Waals surface area contributed by atoms with Crippen molar-refractivity contribution in [3.05, 3.63) is 12.2 Å². The standard InChI is InChI=1S/C11H22N2O/c1-9(2)7-13-10(3)6-11-8-14-5-4-12-11/h10-13H,1,4-8H2,2-3H3. The van der Waals surface area contributed by atoms with Gasteiger partial charge in [-0.15, -0.1) is 0 Å². The Labute approximate surface area is 86.9 Å². The zero-order valence-electron chi connectivity index (χ0n) is 9.31. The summed E-state index contributed by atoms with van der Waals surface area (Å²) in [6, 6.07) is 1.03. The molecule has 0 aromatic heterocycles. The molecule has 1 aliphatic rings. The summed E-state index contributed by atoms with van der Waals surface area (Å²) in [5.41, 5.74) is 1.18. The second-order valence-electron chi connectivity index (χ2n) is 4.20. The molecule has 2 unspecified atom stereocenters. The molecule has 1 aliphatic heterocycles. The van der Waals surface area contributed by atoms with Crippen LogP contribution in [-0.2, 0) is 4.74 Å². The van der Waals surface area contributed by atoms with Gasteiger partial charge in [-0.05, 0) is 20.3 Å². The summed E-state index contributed by atoms with van der Waals surface area (Å²) in [5.74, 6) is 0. The number of rotatable bonds is 5. The zero-order valence-corrected chi connectivity index (χ0v) is 9.31. The van der Waals surface area contributed by atoms with Crippen molar-refractivity contribution < 1.29 is 4.74 Å². The van der Waals surface area contributed by atoms with Crippen molar-refractivity contribution in [3.63, 3.8) is 0 Å². The van der Waals surface area contributed by atoms with Gasteiger partial charge in [-0.1, -0.05) is 12.2 Å². The Balaban J connectivity index is 2.11. The van der Waals surface area contributed by atoms with Gasteiger partial charge in [-0.25, -0.2) is 0 Å². The molecule has 3 heteroatoms. The van der Waals surface area contributed by atoms with Crippen LogP contribution in [0.3, 0.4) is 0 Å². The molecule has 0 radical (unpaired) electrons. The second kappa shape index (κ2) is 6.17. The lowest BCUT2D eigenvalue weighted by molar-refractivity contribution is 0.0713. The van der Waals surface area contributed by atoms with E-state index in [0.29, 0.717) is 12.1 Å². The maximum Gasteiger partial charge on any atom is 0.0620 e. The van der Waals surface area contributed by atoms with E-state index in [9.17, 15) is 0 Å². The van der Waals surface area contributed by atoms with Gasteiger partial charge in [0.2, 0.25) is 0 Å². The van der Waals surface area contributed by atoms with Crippen LogP contribution in [-0.4, -0.2) is 38.4 Å². The first-order valence-corrected chi connectivity index (χ1v) is 5.37. The quantitative estimate of drug-likeness (QED) is 0.644. The Morgan fingerprint density at radius 1 is 1.71 bits per heavy atom. The summed E-state index contributed by atoms with van der Waals surface area (Å²) in [4.78, 5) is 0. The Morgan fingerprint density at radius 3 is 3.07 bits per heavy atom. The summed E-state index contributed by atoms with van der Waals surface area (Å²) < 4.78 is 5.40. The van der Waals surface area contributed by atoms with Crippen molar-refractivity contribution in [1.29, 1.82) is 0 Å². The van der Waals surface area contributed by atoms with Crippen LogP contribution in [0.15, 0.2) is 12.2 Å². The molecule has 2 N–H and O–H groups in total. The van der Waals surface area contributed by atoms with E-state index in [-0.39, 0.29) is 0 Å². The van der Waals surface area contributed by atoms with Crippen molar-refractivity contribution in [2.45, 2.75) is 32.4 Å². The van der Waals surface area contributed by atoms with Gasteiger partial charge >= 0.3 is 0 Å². The van der Waals surface area contributed by atoms with Crippen LogP contribution in [0.4, 0.5) is 0 Å². The summed E-state index contributed by atoms with van der Waals surface area (Å²) in [7, 11) is 0. The van der Waals surface area contributed by atoms with Gasteiger partial charge in [0.05, 0.1) is 13.2 Å². The average molecular weight is 198 g/mol. The first-order chi connectivity index (χ1) is 6.68. The van der Waals surface area contributed by atoms with Crippen molar-refractivity contribution in [2.75, 3.05) is 26.3 Å². The molecular weight excluding hydrogens is 176 g/mol. The fraction of sp³-hybridized carbons (Fsp3) is 0.818. The van der Waals surface area contributed by atoms with E-state index in [1.165, 1.54) is 5.57 Å². The maximum atomic E-state index is 5.40. The van der Waals surface area contributed by atoms with Crippen molar-refractivity contribution in [2.24, 2.45) is 0 Å². The van der Waals surface area contributed by atoms with Crippen molar-refractivity contribution in [3.8, 4) is 0 Å². The molecule has 3 nitrogen and oxygen atoms in total. The largest absolute Gasteiger partial charge is 0.379 e. The number of hydrogen-bond acceptors (Lipinski definition) is 3. The molecule has 0 saturated carbocycles. The van der Waals surface area contributed by atoms with Gasteiger partial charge < -0.3 is 15.4 Å². The lowest BCUT2D eigenvalue weighted by atomic mass is 10.1. The molecule has 1 saturated heterocycles. The third-order valence-electron chi connectivity index (χ3n) is 2.39. The highest BCUT2D eigenvalue weighted by Gasteiger charge is 2.15. The summed E-state index contributed by atoms with van der Waals surface area (Å²) in [6.45, 7) is 11.7. The highest BCUT2D eigenvalue weighted by atomic mass is 16.5. The Bertz CT molecular complexity index is 176. The molecule has 2 atom stereocenters. The maximum absolute atomic E-state index is 5.40. The third-order valence-corrected chi connectivity index (χ3v) is 2.39. The van der Waals surface area contributed by atoms with E-state index in [2.05, 4.69) is 24.1 Å². The third kappa shape index (κ3) is 4.74. The molecule has 1 heterocycles. The van der Waals surface area contributed by atoms with E-state index >= 15 is 0 Å². The number of hydrogen-bond donors (Lipinski definition) is 2. The highest BCUT2D eigenvalue weighted by Crippen LogP contribution is 2.02. The molecule has 82 valence electrons. The zero-order chi connectivity index (χ0) is 10.4. The number of ether oxygens (including phenoxy) is 1. The van der Waals surface area contributed by atoms with Crippen molar-refractivity contribution >= 4 is 0 Å². The molecule has 0 bridgehead atoms. The van der Waals surface area contributed by atoms with Gasteiger partial charge in [-0.3, -0.25) is 0 Å². The minimum absolute atomic E-state index is 0.511. The van der Waals surface area contributed by atoms with Crippen LogP contribution in [0, 0.1) is 0 Å². The molecule has 0 aromatic rings. The first kappa shape index (κ1) is 11.7. The van der Waals surface area contributed by atoms with Crippen LogP contribution in [0.5, 0.6) is 0 Å². The van der Waals surface area contributed by atoms with Crippen LogP contribution in [0.1, 0.15) is 20.3 Å². The minimum atomic E-state index is 0.511. The summed E-state index contributed by atoms with van der Waals surface area (Å²) in [6.07, 6.45) is 1.12. The van der Waals surface area contributed by atoms with Gasteiger partial charge in [0.15, 0.2) is 0 Å². The SMILES string of the molecule is C=C(C)CNC(C)CC1COCCN1. The minimum Gasteiger partial charge on any atom is -0.379 e. The monoisotopic (exact) mass is 198 g/mol. The normalized spacial score (nSPS) is 24.6. The van der Waals surface area contributed by atoms with Crippen molar-refractivity contribution in [1.82, 2.24) is 10.6 Å². The molecule has 14 heavy (non-hydrogen) atoms. The predicted octanol–water partition coefficient (Wildman–Crippen LogP) is 0.919. The molecule has 1 fully saturated rings. The predicted molar refractivity (Wildman–Crippen MR) is 59.5 cm³/mol. The van der Waals surface area contributed by atoms with E-state index < -0.39 is 0 Å². The number of morpholine rings is 1. The second-order valence-corrected chi connectivity index (χ2v) is 4.20. The summed E-state index contributed by atoms with van der Waals surface area (Å²) in [5, 5.41) is 6.88. The van der Waals surface area contributed by atoms with Gasteiger partial charge in [0, 0.05) is 25.2 Å². The van der Waals surface area contributed by atoms with Gasteiger partial charge in [0.1, 0.15) is 0 Å². The van der Waals surface area contributed by atoms with E-state index in [1.54, 1.807) is 0 Å². The van der Waals surface area contributed by atoms with Crippen LogP contribution < -0.4 is 10.6 Å². The first-order valence-electron chi connectivity index (χ1n) is 5.37.